The van der Waals surface area contributed by atoms with E-state index in [2.05, 4.69) is 15.6 Å². The van der Waals surface area contributed by atoms with Crippen molar-refractivity contribution in [2.24, 2.45) is 0 Å². The van der Waals surface area contributed by atoms with Crippen LogP contribution in [0.2, 0.25) is 0 Å². The SMILES string of the molecule is CCCOc1ccc(-c2cc(F)cc(C(=O)NC)c2)cc1C(=O)N[C@@H](CO)Cc1c[nH]c2ccccc12.[HH]. The number of aromatic amines is 1. The van der Waals surface area contributed by atoms with E-state index in [0.29, 0.717) is 29.9 Å². The van der Waals surface area contributed by atoms with Gasteiger partial charge in [0.1, 0.15) is 11.6 Å². The molecular weight excluding hydrogens is 473 g/mol. The highest BCUT2D eigenvalue weighted by molar-refractivity contribution is 5.99. The fourth-order valence-corrected chi connectivity index (χ4v) is 4.25. The lowest BCUT2D eigenvalue weighted by molar-refractivity contribution is 0.0911. The highest BCUT2D eigenvalue weighted by Crippen LogP contribution is 2.29. The van der Waals surface area contributed by atoms with Crippen molar-refractivity contribution in [2.45, 2.75) is 25.8 Å². The molecule has 3 aromatic carbocycles. The van der Waals surface area contributed by atoms with Gasteiger partial charge in [-0.1, -0.05) is 31.2 Å². The Hall–Kier alpha value is -4.17. The third-order valence-electron chi connectivity index (χ3n) is 6.10. The summed E-state index contributed by atoms with van der Waals surface area (Å²) < 4.78 is 20.1. The summed E-state index contributed by atoms with van der Waals surface area (Å²) in [5, 5.41) is 16.5. The second kappa shape index (κ2) is 11.7. The van der Waals surface area contributed by atoms with Gasteiger partial charge in [-0.15, -0.1) is 0 Å². The highest BCUT2D eigenvalue weighted by atomic mass is 19.1. The number of halogens is 1. The molecule has 0 spiro atoms. The molecular formula is C29H32FN3O4. The van der Waals surface area contributed by atoms with Crippen molar-refractivity contribution in [1.82, 2.24) is 15.6 Å². The predicted molar refractivity (Wildman–Crippen MR) is 143 cm³/mol. The predicted octanol–water partition coefficient (Wildman–Crippen LogP) is 4.70. The maximum absolute atomic E-state index is 14.3. The number of carbonyl (C=O) groups excluding carboxylic acids is 2. The molecule has 1 heterocycles. The number of fused-ring (bicyclic) bond motifs is 1. The number of rotatable bonds is 10. The Morgan fingerprint density at radius 3 is 2.65 bits per heavy atom. The minimum Gasteiger partial charge on any atom is -0.493 e. The van der Waals surface area contributed by atoms with Crippen LogP contribution in [0.25, 0.3) is 22.0 Å². The smallest absolute Gasteiger partial charge is 0.255 e. The van der Waals surface area contributed by atoms with Crippen LogP contribution in [-0.4, -0.2) is 48.2 Å². The van der Waals surface area contributed by atoms with Crippen molar-refractivity contribution in [1.29, 1.82) is 0 Å². The van der Waals surface area contributed by atoms with Crippen molar-refractivity contribution in [3.63, 3.8) is 0 Å². The van der Waals surface area contributed by atoms with Gasteiger partial charge < -0.3 is 25.5 Å². The Balaban J connectivity index is 0.00000400. The number of benzene rings is 3. The normalized spacial score (nSPS) is 11.8. The van der Waals surface area contributed by atoms with Crippen LogP contribution in [-0.2, 0) is 6.42 Å². The molecule has 0 unspecified atom stereocenters. The third-order valence-corrected chi connectivity index (χ3v) is 6.10. The maximum atomic E-state index is 14.3. The molecule has 0 bridgehead atoms. The number of H-pyrrole nitrogens is 1. The van der Waals surface area contributed by atoms with Crippen molar-refractivity contribution in [2.75, 3.05) is 20.3 Å². The average Bonchev–Trinajstić information content (AvgIpc) is 3.33. The molecule has 37 heavy (non-hydrogen) atoms. The van der Waals surface area contributed by atoms with Crippen molar-refractivity contribution in [3.8, 4) is 16.9 Å². The van der Waals surface area contributed by atoms with Gasteiger partial charge in [-0.2, -0.15) is 0 Å². The van der Waals surface area contributed by atoms with E-state index < -0.39 is 23.7 Å². The minimum absolute atomic E-state index is 0. The zero-order chi connectivity index (χ0) is 26.4. The van der Waals surface area contributed by atoms with E-state index in [4.69, 9.17) is 4.74 Å². The quantitative estimate of drug-likeness (QED) is 0.251. The molecule has 0 aliphatic heterocycles. The van der Waals surface area contributed by atoms with Gasteiger partial charge in [-0.3, -0.25) is 9.59 Å². The first-order chi connectivity index (χ1) is 17.9. The Morgan fingerprint density at radius 1 is 1.08 bits per heavy atom. The third kappa shape index (κ3) is 5.98. The number of hydrogen-bond acceptors (Lipinski definition) is 4. The molecule has 4 rings (SSSR count). The molecule has 8 heteroatoms. The zero-order valence-corrected chi connectivity index (χ0v) is 20.8. The fourth-order valence-electron chi connectivity index (χ4n) is 4.25. The molecule has 0 aliphatic rings. The van der Waals surface area contributed by atoms with E-state index in [9.17, 15) is 19.1 Å². The first-order valence-electron chi connectivity index (χ1n) is 12.2. The van der Waals surface area contributed by atoms with Crippen LogP contribution in [0, 0.1) is 5.82 Å². The summed E-state index contributed by atoms with van der Waals surface area (Å²) in [7, 11) is 1.48. The van der Waals surface area contributed by atoms with Gasteiger partial charge in [0.2, 0.25) is 0 Å². The maximum Gasteiger partial charge on any atom is 0.255 e. The number of aromatic nitrogens is 1. The molecule has 0 aliphatic carbocycles. The summed E-state index contributed by atoms with van der Waals surface area (Å²) in [4.78, 5) is 28.7. The molecule has 1 atom stereocenters. The van der Waals surface area contributed by atoms with Crippen molar-refractivity contribution < 1.29 is 25.2 Å². The second-order valence-electron chi connectivity index (χ2n) is 8.78. The van der Waals surface area contributed by atoms with Crippen molar-refractivity contribution in [3.05, 3.63) is 89.4 Å². The van der Waals surface area contributed by atoms with Gasteiger partial charge in [0.15, 0.2) is 0 Å². The van der Waals surface area contributed by atoms with Crippen LogP contribution in [0.3, 0.4) is 0 Å². The standard InChI is InChI=1S/C29H30FN3O4.H2/c1-3-10-37-27-9-8-18(19-11-20(28(35)31-2)13-22(30)12-19)15-25(27)29(36)33-23(17-34)14-21-16-32-26-7-5-4-6-24(21)26;/h4-9,11-13,15-16,23,32,34H,3,10,14,17H2,1-2H3,(H,31,35)(H,33,36);1H/t23-;/m1./s1. The summed E-state index contributed by atoms with van der Waals surface area (Å²) in [6, 6.07) is 16.3. The monoisotopic (exact) mass is 505 g/mol. The molecule has 7 nitrogen and oxygen atoms in total. The van der Waals surface area contributed by atoms with E-state index in [1.165, 1.54) is 13.1 Å². The molecule has 0 fully saturated rings. The van der Waals surface area contributed by atoms with E-state index in [1.54, 1.807) is 24.3 Å². The fraction of sp³-hybridized carbons (Fsp3) is 0.241. The topological polar surface area (TPSA) is 103 Å². The summed E-state index contributed by atoms with van der Waals surface area (Å²) in [6.45, 7) is 2.12. The first kappa shape index (κ1) is 25.9. The Labute approximate surface area is 216 Å². The Bertz CT molecular complexity index is 1420. The lowest BCUT2D eigenvalue weighted by Gasteiger charge is -2.18. The summed E-state index contributed by atoms with van der Waals surface area (Å²) in [5.74, 6) is -1.01. The Morgan fingerprint density at radius 2 is 1.89 bits per heavy atom. The second-order valence-corrected chi connectivity index (χ2v) is 8.78. The van der Waals surface area contributed by atoms with E-state index in [0.717, 1.165) is 29.0 Å². The first-order valence-corrected chi connectivity index (χ1v) is 12.2. The van der Waals surface area contributed by atoms with Gasteiger partial charge in [0.25, 0.3) is 11.8 Å². The summed E-state index contributed by atoms with van der Waals surface area (Å²) in [5.41, 5.74) is 3.40. The van der Waals surface area contributed by atoms with E-state index in [1.807, 2.05) is 37.4 Å². The van der Waals surface area contributed by atoms with Gasteiger partial charge >= 0.3 is 0 Å². The van der Waals surface area contributed by atoms with Crippen LogP contribution in [0.15, 0.2) is 66.9 Å². The summed E-state index contributed by atoms with van der Waals surface area (Å²) in [6.07, 6.45) is 3.06. The van der Waals surface area contributed by atoms with Gasteiger partial charge in [0.05, 0.1) is 24.8 Å². The van der Waals surface area contributed by atoms with Crippen LogP contribution in [0.1, 0.15) is 41.1 Å². The molecule has 4 N–H and O–H groups in total. The van der Waals surface area contributed by atoms with Gasteiger partial charge in [0, 0.05) is 31.1 Å². The van der Waals surface area contributed by atoms with Crippen molar-refractivity contribution >= 4 is 22.7 Å². The van der Waals surface area contributed by atoms with Crippen LogP contribution >= 0.6 is 0 Å². The minimum atomic E-state index is -0.563. The number of aliphatic hydroxyl groups excluding tert-OH is 1. The Kier molecular flexibility index (Phi) is 8.20. The summed E-state index contributed by atoms with van der Waals surface area (Å²) >= 11 is 0. The molecule has 2 amide bonds. The number of hydrogen-bond donors (Lipinski definition) is 4. The molecule has 1 aromatic heterocycles. The zero-order valence-electron chi connectivity index (χ0n) is 20.8. The van der Waals surface area contributed by atoms with E-state index >= 15 is 0 Å². The van der Waals surface area contributed by atoms with Gasteiger partial charge in [-0.25, -0.2) is 4.39 Å². The molecule has 4 aromatic rings. The number of ether oxygens (including phenoxy) is 1. The largest absolute Gasteiger partial charge is 0.493 e. The van der Waals surface area contributed by atoms with Crippen LogP contribution < -0.4 is 15.4 Å². The number of aliphatic hydroxyl groups is 1. The van der Waals surface area contributed by atoms with Crippen LogP contribution in [0.4, 0.5) is 4.39 Å². The molecule has 0 radical (unpaired) electrons. The average molecular weight is 506 g/mol. The van der Waals surface area contributed by atoms with Crippen LogP contribution in [0.5, 0.6) is 5.75 Å². The lowest BCUT2D eigenvalue weighted by Crippen LogP contribution is -2.39. The number of para-hydroxylation sites is 1. The van der Waals surface area contributed by atoms with Gasteiger partial charge in [-0.05, 0) is 65.9 Å². The molecule has 194 valence electrons. The lowest BCUT2D eigenvalue weighted by atomic mass is 9.99. The number of nitrogens with one attached hydrogen (secondary N) is 3. The van der Waals surface area contributed by atoms with E-state index in [-0.39, 0.29) is 19.2 Å². The number of carbonyl (C=O) groups is 2. The molecule has 0 saturated heterocycles. The highest BCUT2D eigenvalue weighted by Gasteiger charge is 2.20. The molecule has 0 saturated carbocycles. The number of amides is 2.